The van der Waals surface area contributed by atoms with Crippen molar-refractivity contribution in [1.82, 2.24) is 20.0 Å². The molecule has 0 unspecified atom stereocenters. The zero-order chi connectivity index (χ0) is 17.0. The zero-order valence-corrected chi connectivity index (χ0v) is 14.3. The largest absolute Gasteiger partial charge is 0.439 e. The number of hydrogen-bond donors (Lipinski definition) is 1. The Balaban J connectivity index is 2.14. The number of para-hydroxylation sites is 1. The van der Waals surface area contributed by atoms with E-state index in [1.807, 2.05) is 51.2 Å². The highest BCUT2D eigenvalue weighted by Crippen LogP contribution is 2.27. The van der Waals surface area contributed by atoms with Crippen molar-refractivity contribution in [2.45, 2.75) is 26.4 Å². The molecule has 1 amide bonds. The van der Waals surface area contributed by atoms with Gasteiger partial charge in [-0.15, -0.1) is 0 Å². The Hall–Kier alpha value is -2.34. The molecule has 0 saturated carbocycles. The second kappa shape index (κ2) is 7.28. The van der Waals surface area contributed by atoms with Gasteiger partial charge in [0.1, 0.15) is 5.75 Å². The summed E-state index contributed by atoms with van der Waals surface area (Å²) in [6.45, 7) is 4.31. The second-order valence-electron chi connectivity index (χ2n) is 5.74. The number of nitrogens with zero attached hydrogens (tertiary/aromatic N) is 3. The van der Waals surface area contributed by atoms with Crippen LogP contribution < -0.4 is 10.1 Å². The Kier molecular flexibility index (Phi) is 5.39. The third-order valence-electron chi connectivity index (χ3n) is 3.64. The van der Waals surface area contributed by atoms with Gasteiger partial charge in [-0.3, -0.25) is 4.79 Å². The van der Waals surface area contributed by atoms with Crippen molar-refractivity contribution in [1.29, 1.82) is 0 Å². The molecule has 0 fully saturated rings. The molecule has 0 bridgehead atoms. The summed E-state index contributed by atoms with van der Waals surface area (Å²) in [7, 11) is 5.35. The fraction of sp³-hybridized carbons (Fsp3) is 0.412. The molecular formula is C17H24N4O2. The summed E-state index contributed by atoms with van der Waals surface area (Å²) in [5.74, 6) is 1.48. The van der Waals surface area contributed by atoms with Crippen molar-refractivity contribution in [3.8, 4) is 11.6 Å². The van der Waals surface area contributed by atoms with Gasteiger partial charge in [-0.05, 0) is 26.0 Å². The summed E-state index contributed by atoms with van der Waals surface area (Å²) >= 11 is 0. The number of aromatic nitrogens is 2. The molecular weight excluding hydrogens is 292 g/mol. The number of hydrogen-bond acceptors (Lipinski definition) is 4. The van der Waals surface area contributed by atoms with Crippen LogP contribution in [-0.2, 0) is 18.4 Å². The second-order valence-corrected chi connectivity index (χ2v) is 5.74. The van der Waals surface area contributed by atoms with Gasteiger partial charge in [-0.2, -0.15) is 5.10 Å². The van der Waals surface area contributed by atoms with E-state index in [-0.39, 0.29) is 11.9 Å². The number of rotatable bonds is 6. The minimum Gasteiger partial charge on any atom is -0.439 e. The summed E-state index contributed by atoms with van der Waals surface area (Å²) in [6, 6.07) is 9.32. The van der Waals surface area contributed by atoms with Crippen molar-refractivity contribution in [2.75, 3.05) is 14.1 Å². The van der Waals surface area contributed by atoms with E-state index < -0.39 is 0 Å². The van der Waals surface area contributed by atoms with E-state index in [1.54, 1.807) is 23.7 Å². The van der Waals surface area contributed by atoms with Gasteiger partial charge in [0.05, 0.1) is 17.3 Å². The molecule has 0 spiro atoms. The number of ether oxygens (including phenoxy) is 1. The highest BCUT2D eigenvalue weighted by atomic mass is 16.5. The summed E-state index contributed by atoms with van der Waals surface area (Å²) in [5, 5.41) is 7.66. The summed E-state index contributed by atoms with van der Waals surface area (Å²) in [5.41, 5.74) is 1.84. The molecule has 1 aromatic carbocycles. The van der Waals surface area contributed by atoms with Gasteiger partial charge in [0, 0.05) is 27.7 Å². The highest BCUT2D eigenvalue weighted by molar-refractivity contribution is 5.80. The van der Waals surface area contributed by atoms with E-state index >= 15 is 0 Å². The normalized spacial score (nSPS) is 12.0. The average Bonchev–Trinajstić information content (AvgIpc) is 2.79. The molecule has 2 aromatic rings. The van der Waals surface area contributed by atoms with E-state index in [1.165, 1.54) is 0 Å². The first-order valence-corrected chi connectivity index (χ1v) is 7.60. The maximum Gasteiger partial charge on any atom is 0.238 e. The van der Waals surface area contributed by atoms with Crippen LogP contribution in [0.4, 0.5) is 0 Å². The average molecular weight is 316 g/mol. The monoisotopic (exact) mass is 316 g/mol. The van der Waals surface area contributed by atoms with Crippen LogP contribution in [0.3, 0.4) is 0 Å². The Morgan fingerprint density at radius 3 is 2.61 bits per heavy atom. The first-order chi connectivity index (χ1) is 10.9. The number of carbonyl (C=O) groups is 1. The van der Waals surface area contributed by atoms with Crippen LogP contribution in [0, 0.1) is 6.92 Å². The Bertz CT molecular complexity index is 665. The number of carbonyl (C=O) groups excluding carboxylic acids is 1. The van der Waals surface area contributed by atoms with E-state index in [2.05, 4.69) is 10.4 Å². The summed E-state index contributed by atoms with van der Waals surface area (Å²) < 4.78 is 7.69. The maximum atomic E-state index is 11.9. The van der Waals surface area contributed by atoms with Crippen molar-refractivity contribution >= 4 is 5.91 Å². The summed E-state index contributed by atoms with van der Waals surface area (Å²) in [4.78, 5) is 13.5. The minimum absolute atomic E-state index is 0.0390. The van der Waals surface area contributed by atoms with E-state index in [0.717, 1.165) is 17.0 Å². The molecule has 0 aliphatic rings. The third-order valence-corrected chi connectivity index (χ3v) is 3.64. The molecule has 23 heavy (non-hydrogen) atoms. The SMILES string of the molecule is Cc1nn(C)c(Oc2ccccc2)c1CN[C@H](C)C(=O)N(C)C. The molecule has 1 aromatic heterocycles. The van der Waals surface area contributed by atoms with E-state index in [4.69, 9.17) is 4.74 Å². The van der Waals surface area contributed by atoms with Crippen LogP contribution in [0.2, 0.25) is 0 Å². The third kappa shape index (κ3) is 4.10. The lowest BCUT2D eigenvalue weighted by Gasteiger charge is -2.18. The van der Waals surface area contributed by atoms with E-state index in [9.17, 15) is 4.79 Å². The number of likely N-dealkylation sites (N-methyl/N-ethyl adjacent to an activating group) is 1. The van der Waals surface area contributed by atoms with Gasteiger partial charge in [0.25, 0.3) is 0 Å². The summed E-state index contributed by atoms with van der Waals surface area (Å²) in [6.07, 6.45) is 0. The van der Waals surface area contributed by atoms with Crippen LogP contribution >= 0.6 is 0 Å². The lowest BCUT2D eigenvalue weighted by atomic mass is 10.2. The first kappa shape index (κ1) is 17.0. The van der Waals surface area contributed by atoms with Gasteiger partial charge in [0.15, 0.2) is 0 Å². The fourth-order valence-electron chi connectivity index (χ4n) is 2.34. The highest BCUT2D eigenvalue weighted by Gasteiger charge is 2.19. The van der Waals surface area contributed by atoms with Crippen LogP contribution in [0.25, 0.3) is 0 Å². The lowest BCUT2D eigenvalue weighted by Crippen LogP contribution is -2.41. The van der Waals surface area contributed by atoms with Gasteiger partial charge in [-0.25, -0.2) is 4.68 Å². The minimum atomic E-state index is -0.269. The van der Waals surface area contributed by atoms with Crippen molar-refractivity contribution < 1.29 is 9.53 Å². The van der Waals surface area contributed by atoms with Gasteiger partial charge in [0.2, 0.25) is 11.8 Å². The molecule has 6 nitrogen and oxygen atoms in total. The maximum absolute atomic E-state index is 11.9. The Morgan fingerprint density at radius 2 is 2.00 bits per heavy atom. The number of amides is 1. The van der Waals surface area contributed by atoms with Crippen LogP contribution in [0.15, 0.2) is 30.3 Å². The molecule has 1 N–H and O–H groups in total. The predicted molar refractivity (Wildman–Crippen MR) is 89.5 cm³/mol. The van der Waals surface area contributed by atoms with Gasteiger partial charge < -0.3 is 15.0 Å². The molecule has 2 rings (SSSR count). The Labute approximate surface area is 137 Å². The number of benzene rings is 1. The van der Waals surface area contributed by atoms with E-state index in [0.29, 0.717) is 12.4 Å². The van der Waals surface area contributed by atoms with Gasteiger partial charge in [-0.1, -0.05) is 18.2 Å². The number of aryl methyl sites for hydroxylation is 2. The predicted octanol–water partition coefficient (Wildman–Crippen LogP) is 2.09. The smallest absolute Gasteiger partial charge is 0.238 e. The lowest BCUT2D eigenvalue weighted by molar-refractivity contribution is -0.130. The molecule has 0 aliphatic carbocycles. The van der Waals surface area contributed by atoms with Crippen LogP contribution in [0.1, 0.15) is 18.2 Å². The fourth-order valence-corrected chi connectivity index (χ4v) is 2.34. The Morgan fingerprint density at radius 1 is 1.35 bits per heavy atom. The van der Waals surface area contributed by atoms with Crippen molar-refractivity contribution in [2.24, 2.45) is 7.05 Å². The number of nitrogens with one attached hydrogen (secondary N) is 1. The quantitative estimate of drug-likeness (QED) is 0.886. The molecule has 0 radical (unpaired) electrons. The molecule has 124 valence electrons. The zero-order valence-electron chi connectivity index (χ0n) is 14.3. The van der Waals surface area contributed by atoms with Crippen LogP contribution in [-0.4, -0.2) is 40.7 Å². The first-order valence-electron chi connectivity index (χ1n) is 7.60. The topological polar surface area (TPSA) is 59.4 Å². The van der Waals surface area contributed by atoms with Crippen molar-refractivity contribution in [3.63, 3.8) is 0 Å². The van der Waals surface area contributed by atoms with Gasteiger partial charge >= 0.3 is 0 Å². The molecule has 0 saturated heterocycles. The molecule has 1 atom stereocenters. The van der Waals surface area contributed by atoms with Crippen molar-refractivity contribution in [3.05, 3.63) is 41.6 Å². The standard InChI is InChI=1S/C17H24N4O2/c1-12-15(11-18-13(2)16(22)20(3)4)17(21(5)19-12)23-14-9-7-6-8-10-14/h6-10,13,18H,11H2,1-5H3/t13-/m1/s1. The van der Waals surface area contributed by atoms with Crippen LogP contribution in [0.5, 0.6) is 11.6 Å². The molecule has 6 heteroatoms. The molecule has 0 aliphatic heterocycles. The molecule has 1 heterocycles.